The van der Waals surface area contributed by atoms with Crippen molar-refractivity contribution in [2.45, 2.75) is 33.2 Å². The quantitative estimate of drug-likeness (QED) is 0.901. The van der Waals surface area contributed by atoms with Gasteiger partial charge in [-0.2, -0.15) is 0 Å². The number of hydrogen-bond donors (Lipinski definition) is 1. The van der Waals surface area contributed by atoms with Crippen LogP contribution in [0.1, 0.15) is 39.0 Å². The molecular weight excluding hydrogens is 310 g/mol. The molecule has 1 heterocycles. The summed E-state index contributed by atoms with van der Waals surface area (Å²) in [5.41, 5.74) is 1.10. The number of halogens is 2. The number of allylic oxidation sites excluding steroid dienone is 1. The van der Waals surface area contributed by atoms with E-state index >= 15 is 4.39 Å². The highest BCUT2D eigenvalue weighted by Crippen LogP contribution is 2.32. The lowest BCUT2D eigenvalue weighted by Crippen LogP contribution is -2.40. The molecule has 24 heavy (non-hydrogen) atoms. The van der Waals surface area contributed by atoms with Gasteiger partial charge in [-0.1, -0.05) is 6.58 Å². The van der Waals surface area contributed by atoms with Crippen molar-refractivity contribution < 1.29 is 13.6 Å². The molecule has 0 unspecified atom stereocenters. The van der Waals surface area contributed by atoms with Crippen LogP contribution in [0, 0.1) is 11.6 Å². The van der Waals surface area contributed by atoms with Crippen molar-refractivity contribution in [2.75, 3.05) is 0 Å². The SMILES string of the molecule is C=C(C)c1cc(C(C)(C)NC(C)=O)c(F)c(-c2ccc(F)cc2)n1. The first kappa shape index (κ1) is 17.8. The van der Waals surface area contributed by atoms with Crippen LogP contribution in [0.25, 0.3) is 16.8 Å². The Morgan fingerprint density at radius 2 is 1.75 bits per heavy atom. The molecule has 2 aromatic rings. The molecule has 0 bridgehead atoms. The van der Waals surface area contributed by atoms with Gasteiger partial charge in [0.1, 0.15) is 11.5 Å². The maximum absolute atomic E-state index is 15.1. The number of aromatic nitrogens is 1. The summed E-state index contributed by atoms with van der Waals surface area (Å²) in [5, 5.41) is 2.73. The number of amides is 1. The van der Waals surface area contributed by atoms with E-state index in [9.17, 15) is 9.18 Å². The zero-order valence-electron chi connectivity index (χ0n) is 14.2. The van der Waals surface area contributed by atoms with Gasteiger partial charge in [0.05, 0.1) is 11.2 Å². The Labute approximate surface area is 140 Å². The Hall–Kier alpha value is -2.56. The average Bonchev–Trinajstić information content (AvgIpc) is 2.46. The molecule has 5 heteroatoms. The van der Waals surface area contributed by atoms with E-state index in [0.717, 1.165) is 0 Å². The maximum atomic E-state index is 15.1. The van der Waals surface area contributed by atoms with Gasteiger partial charge >= 0.3 is 0 Å². The molecule has 0 aliphatic carbocycles. The van der Waals surface area contributed by atoms with Gasteiger partial charge in [0.2, 0.25) is 5.91 Å². The largest absolute Gasteiger partial charge is 0.347 e. The highest BCUT2D eigenvalue weighted by Gasteiger charge is 2.28. The van der Waals surface area contributed by atoms with E-state index in [-0.39, 0.29) is 11.6 Å². The standard InChI is InChI=1S/C19H20F2N2O/c1-11(2)16-10-15(19(4,5)23-12(3)24)17(21)18(22-16)13-6-8-14(20)9-7-13/h6-10H,1H2,2-5H3,(H,23,24). The van der Waals surface area contributed by atoms with E-state index in [1.165, 1.54) is 31.2 Å². The molecule has 0 radical (unpaired) electrons. The number of carbonyl (C=O) groups is 1. The predicted octanol–water partition coefficient (Wildman–Crippen LogP) is 4.43. The number of nitrogens with zero attached hydrogens (tertiary/aromatic N) is 1. The number of carbonyl (C=O) groups excluding carboxylic acids is 1. The molecule has 0 saturated heterocycles. The van der Waals surface area contributed by atoms with Gasteiger partial charge in [-0.05, 0) is 56.7 Å². The van der Waals surface area contributed by atoms with E-state index in [4.69, 9.17) is 0 Å². The number of benzene rings is 1. The number of hydrogen-bond acceptors (Lipinski definition) is 2. The molecule has 1 aromatic carbocycles. The molecule has 1 aromatic heterocycles. The smallest absolute Gasteiger partial charge is 0.217 e. The van der Waals surface area contributed by atoms with Crippen molar-refractivity contribution >= 4 is 11.5 Å². The van der Waals surface area contributed by atoms with Crippen LogP contribution in [0.3, 0.4) is 0 Å². The van der Waals surface area contributed by atoms with Crippen LogP contribution < -0.4 is 5.32 Å². The van der Waals surface area contributed by atoms with Crippen molar-refractivity contribution in [2.24, 2.45) is 0 Å². The fraction of sp³-hybridized carbons (Fsp3) is 0.263. The molecule has 0 atom stereocenters. The van der Waals surface area contributed by atoms with E-state index in [2.05, 4.69) is 16.9 Å². The molecule has 3 nitrogen and oxygen atoms in total. The molecule has 2 rings (SSSR count). The van der Waals surface area contributed by atoms with Gasteiger partial charge in [-0.15, -0.1) is 0 Å². The van der Waals surface area contributed by atoms with Crippen LogP contribution >= 0.6 is 0 Å². The second-order valence-corrected chi connectivity index (χ2v) is 6.31. The first-order chi connectivity index (χ1) is 11.1. The monoisotopic (exact) mass is 330 g/mol. The first-order valence-electron chi connectivity index (χ1n) is 7.53. The fourth-order valence-corrected chi connectivity index (χ4v) is 2.51. The van der Waals surface area contributed by atoms with E-state index in [1.54, 1.807) is 26.8 Å². The van der Waals surface area contributed by atoms with Gasteiger partial charge in [-0.25, -0.2) is 13.8 Å². The number of rotatable bonds is 4. The molecule has 0 aliphatic heterocycles. The minimum absolute atomic E-state index is 0.101. The topological polar surface area (TPSA) is 42.0 Å². The van der Waals surface area contributed by atoms with Crippen LogP contribution in [0.4, 0.5) is 8.78 Å². The zero-order chi connectivity index (χ0) is 18.1. The number of nitrogens with one attached hydrogen (secondary N) is 1. The fourth-order valence-electron chi connectivity index (χ4n) is 2.51. The Balaban J connectivity index is 2.70. The third-order valence-corrected chi connectivity index (χ3v) is 3.67. The van der Waals surface area contributed by atoms with Crippen molar-refractivity contribution in [3.8, 4) is 11.3 Å². The lowest BCUT2D eigenvalue weighted by Gasteiger charge is -2.28. The third-order valence-electron chi connectivity index (χ3n) is 3.67. The van der Waals surface area contributed by atoms with Gasteiger partial charge < -0.3 is 5.32 Å². The summed E-state index contributed by atoms with van der Waals surface area (Å²) in [6.07, 6.45) is 0. The van der Waals surface area contributed by atoms with Crippen LogP contribution in [-0.2, 0) is 10.3 Å². The predicted molar refractivity (Wildman–Crippen MR) is 91.1 cm³/mol. The summed E-state index contributed by atoms with van der Waals surface area (Å²) < 4.78 is 28.3. The molecule has 126 valence electrons. The Morgan fingerprint density at radius 1 is 1.17 bits per heavy atom. The molecule has 0 fully saturated rings. The highest BCUT2D eigenvalue weighted by molar-refractivity contribution is 5.74. The zero-order valence-corrected chi connectivity index (χ0v) is 14.2. The van der Waals surface area contributed by atoms with Crippen LogP contribution in [0.5, 0.6) is 0 Å². The van der Waals surface area contributed by atoms with Crippen molar-refractivity contribution in [1.29, 1.82) is 0 Å². The Kier molecular flexibility index (Phi) is 4.83. The van der Waals surface area contributed by atoms with E-state index in [0.29, 0.717) is 22.4 Å². The minimum atomic E-state index is -0.933. The summed E-state index contributed by atoms with van der Waals surface area (Å²) in [6, 6.07) is 7.03. The highest BCUT2D eigenvalue weighted by atomic mass is 19.1. The Morgan fingerprint density at radius 3 is 2.25 bits per heavy atom. The number of pyridine rings is 1. The summed E-state index contributed by atoms with van der Waals surface area (Å²) in [4.78, 5) is 15.8. The normalized spacial score (nSPS) is 11.2. The van der Waals surface area contributed by atoms with Gasteiger partial charge in [-0.3, -0.25) is 4.79 Å². The average molecular weight is 330 g/mol. The summed E-state index contributed by atoms with van der Waals surface area (Å²) in [6.45, 7) is 10.4. The van der Waals surface area contributed by atoms with Crippen molar-refractivity contribution in [3.05, 3.63) is 59.8 Å². The van der Waals surface area contributed by atoms with E-state index in [1.807, 2.05) is 0 Å². The minimum Gasteiger partial charge on any atom is -0.347 e. The molecule has 1 amide bonds. The Bertz CT molecular complexity index is 796. The molecule has 0 spiro atoms. The second kappa shape index (κ2) is 6.51. The summed E-state index contributed by atoms with van der Waals surface area (Å²) in [7, 11) is 0. The lowest BCUT2D eigenvalue weighted by molar-refractivity contribution is -0.120. The maximum Gasteiger partial charge on any atom is 0.217 e. The molecule has 0 saturated carbocycles. The van der Waals surface area contributed by atoms with Crippen LogP contribution in [0.2, 0.25) is 0 Å². The van der Waals surface area contributed by atoms with Crippen LogP contribution in [0.15, 0.2) is 36.9 Å². The summed E-state index contributed by atoms with van der Waals surface area (Å²) >= 11 is 0. The third kappa shape index (κ3) is 3.67. The van der Waals surface area contributed by atoms with Crippen molar-refractivity contribution in [3.63, 3.8) is 0 Å². The van der Waals surface area contributed by atoms with Gasteiger partial charge in [0.15, 0.2) is 5.82 Å². The second-order valence-electron chi connectivity index (χ2n) is 6.31. The van der Waals surface area contributed by atoms with Gasteiger partial charge in [0.25, 0.3) is 0 Å². The van der Waals surface area contributed by atoms with Gasteiger partial charge in [0, 0.05) is 18.1 Å². The summed E-state index contributed by atoms with van der Waals surface area (Å²) in [5.74, 6) is -1.23. The molecular formula is C19H20F2N2O. The molecule has 0 aliphatic rings. The van der Waals surface area contributed by atoms with Crippen molar-refractivity contribution in [1.82, 2.24) is 10.3 Å². The lowest BCUT2D eigenvalue weighted by atomic mass is 9.91. The van der Waals surface area contributed by atoms with E-state index < -0.39 is 17.2 Å². The van der Waals surface area contributed by atoms with Crippen LogP contribution in [-0.4, -0.2) is 10.9 Å². The molecule has 1 N–H and O–H groups in total. The first-order valence-corrected chi connectivity index (χ1v) is 7.53.